The quantitative estimate of drug-likeness (QED) is 0.566. The van der Waals surface area contributed by atoms with Crippen molar-refractivity contribution in [3.8, 4) is 0 Å². The molecule has 0 spiro atoms. The van der Waals surface area contributed by atoms with E-state index in [0.717, 1.165) is 0 Å². The maximum Gasteiger partial charge on any atom is 0.323 e. The van der Waals surface area contributed by atoms with Crippen LogP contribution in [-0.4, -0.2) is 22.9 Å². The second kappa shape index (κ2) is 3.48. The lowest BCUT2D eigenvalue weighted by molar-refractivity contribution is -0.143. The summed E-state index contributed by atoms with van der Waals surface area (Å²) in [5, 5.41) is 8.54. The first-order valence-electron chi connectivity index (χ1n) is 3.37. The first-order valence-corrected chi connectivity index (χ1v) is 3.37. The number of aldehydes is 1. The second-order valence-corrected chi connectivity index (χ2v) is 3.04. The molecule has 0 heterocycles. The van der Waals surface area contributed by atoms with Crippen LogP contribution >= 0.6 is 0 Å². The number of carbonyl (C=O) groups is 2. The van der Waals surface area contributed by atoms with Crippen LogP contribution in [0.15, 0.2) is 0 Å². The van der Waals surface area contributed by atoms with Crippen LogP contribution in [0.25, 0.3) is 0 Å². The van der Waals surface area contributed by atoms with Crippen LogP contribution in [0.4, 0.5) is 0 Å². The second-order valence-electron chi connectivity index (χ2n) is 3.04. The minimum absolute atomic E-state index is 0.172. The van der Waals surface area contributed by atoms with Gasteiger partial charge in [0.2, 0.25) is 0 Å². The Balaban J connectivity index is 4.11. The summed E-state index contributed by atoms with van der Waals surface area (Å²) < 4.78 is 0. The van der Waals surface area contributed by atoms with Gasteiger partial charge in [0.1, 0.15) is 11.8 Å². The van der Waals surface area contributed by atoms with E-state index in [-0.39, 0.29) is 12.3 Å². The summed E-state index contributed by atoms with van der Waals surface area (Å²) in [5.74, 6) is -1.38. The minimum atomic E-state index is -1.29. The maximum atomic E-state index is 10.4. The van der Waals surface area contributed by atoms with Crippen molar-refractivity contribution in [1.29, 1.82) is 0 Å². The summed E-state index contributed by atoms with van der Waals surface area (Å²) in [6.45, 7) is 3.04. The molecule has 64 valence electrons. The highest BCUT2D eigenvalue weighted by molar-refractivity contribution is 5.78. The van der Waals surface area contributed by atoms with Gasteiger partial charge < -0.3 is 15.6 Å². The Bertz CT molecular complexity index is 165. The summed E-state index contributed by atoms with van der Waals surface area (Å²) in [6.07, 6.45) is 0.875. The largest absolute Gasteiger partial charge is 0.480 e. The number of carboxylic acid groups (broad SMARTS) is 1. The van der Waals surface area contributed by atoms with E-state index in [1.54, 1.807) is 6.92 Å². The molecule has 0 aliphatic rings. The number of aliphatic carboxylic acids is 1. The molecule has 0 saturated carbocycles. The third kappa shape index (κ3) is 3.13. The molecule has 0 fully saturated rings. The van der Waals surface area contributed by atoms with Crippen LogP contribution in [-0.2, 0) is 9.59 Å². The van der Waals surface area contributed by atoms with E-state index in [9.17, 15) is 9.59 Å². The molecule has 2 unspecified atom stereocenters. The van der Waals surface area contributed by atoms with E-state index < -0.39 is 11.5 Å². The first kappa shape index (κ1) is 10.1. The lowest BCUT2D eigenvalue weighted by Gasteiger charge is -2.20. The molecule has 2 atom stereocenters. The fourth-order valence-electron chi connectivity index (χ4n) is 0.804. The van der Waals surface area contributed by atoms with Crippen LogP contribution in [0.5, 0.6) is 0 Å². The van der Waals surface area contributed by atoms with Crippen LogP contribution in [0.3, 0.4) is 0 Å². The first-order chi connectivity index (χ1) is 4.90. The lowest BCUT2D eigenvalue weighted by Crippen LogP contribution is -2.46. The molecule has 0 amide bonds. The van der Waals surface area contributed by atoms with Gasteiger partial charge in [-0.3, -0.25) is 4.79 Å². The summed E-state index contributed by atoms with van der Waals surface area (Å²) in [6, 6.07) is 0. The van der Waals surface area contributed by atoms with Gasteiger partial charge in [-0.15, -0.1) is 0 Å². The fraction of sp³-hybridized carbons (Fsp3) is 0.714. The molecule has 0 rings (SSSR count). The molecule has 4 nitrogen and oxygen atoms in total. The summed E-state index contributed by atoms with van der Waals surface area (Å²) in [7, 11) is 0. The van der Waals surface area contributed by atoms with E-state index in [1.165, 1.54) is 6.92 Å². The van der Waals surface area contributed by atoms with E-state index in [2.05, 4.69) is 0 Å². The minimum Gasteiger partial charge on any atom is -0.480 e. The van der Waals surface area contributed by atoms with E-state index in [4.69, 9.17) is 10.8 Å². The van der Waals surface area contributed by atoms with Crippen molar-refractivity contribution in [3.63, 3.8) is 0 Å². The van der Waals surface area contributed by atoms with Crippen LogP contribution in [0.1, 0.15) is 20.3 Å². The number of rotatable bonds is 4. The Kier molecular flexibility index (Phi) is 3.19. The Morgan fingerprint density at radius 1 is 1.82 bits per heavy atom. The summed E-state index contributed by atoms with van der Waals surface area (Å²) in [5.41, 5.74) is 4.09. The highest BCUT2D eigenvalue weighted by Crippen LogP contribution is 2.12. The van der Waals surface area contributed by atoms with Gasteiger partial charge in [0.15, 0.2) is 0 Å². The van der Waals surface area contributed by atoms with Crippen molar-refractivity contribution >= 4 is 12.3 Å². The van der Waals surface area contributed by atoms with Crippen LogP contribution < -0.4 is 5.73 Å². The third-order valence-corrected chi connectivity index (χ3v) is 1.47. The van der Waals surface area contributed by atoms with Crippen molar-refractivity contribution in [2.75, 3.05) is 0 Å². The summed E-state index contributed by atoms with van der Waals surface area (Å²) in [4.78, 5) is 20.6. The molecule has 4 heteroatoms. The van der Waals surface area contributed by atoms with Gasteiger partial charge in [-0.2, -0.15) is 0 Å². The molecule has 0 aromatic rings. The van der Waals surface area contributed by atoms with Gasteiger partial charge in [-0.1, -0.05) is 6.92 Å². The Morgan fingerprint density at radius 3 is 2.55 bits per heavy atom. The van der Waals surface area contributed by atoms with Gasteiger partial charge in [-0.05, 0) is 13.3 Å². The van der Waals surface area contributed by atoms with Crippen molar-refractivity contribution in [3.05, 3.63) is 0 Å². The lowest BCUT2D eigenvalue weighted by atomic mass is 9.92. The number of nitrogens with two attached hydrogens (primary N) is 1. The van der Waals surface area contributed by atoms with Crippen LogP contribution in [0, 0.1) is 5.92 Å². The van der Waals surface area contributed by atoms with Gasteiger partial charge >= 0.3 is 5.97 Å². The number of carboxylic acids is 1. The van der Waals surface area contributed by atoms with E-state index >= 15 is 0 Å². The molecular formula is C7H13NO3. The highest BCUT2D eigenvalue weighted by atomic mass is 16.4. The monoisotopic (exact) mass is 159 g/mol. The van der Waals surface area contributed by atoms with E-state index in [1.807, 2.05) is 0 Å². The topological polar surface area (TPSA) is 80.4 Å². The average Bonchev–Trinajstić information content (AvgIpc) is 1.86. The molecule has 0 aliphatic heterocycles. The predicted octanol–water partition coefficient (Wildman–Crippen LogP) is 0.0135. The molecule has 0 aliphatic carbocycles. The molecule has 0 radical (unpaired) electrons. The maximum absolute atomic E-state index is 10.4. The zero-order valence-corrected chi connectivity index (χ0v) is 6.70. The Morgan fingerprint density at radius 2 is 2.27 bits per heavy atom. The Hall–Kier alpha value is -0.900. The normalized spacial score (nSPS) is 18.5. The van der Waals surface area contributed by atoms with Crippen molar-refractivity contribution in [2.45, 2.75) is 25.8 Å². The zero-order valence-electron chi connectivity index (χ0n) is 6.70. The van der Waals surface area contributed by atoms with Crippen LogP contribution in [0.2, 0.25) is 0 Å². The average molecular weight is 159 g/mol. The number of hydrogen-bond donors (Lipinski definition) is 2. The summed E-state index contributed by atoms with van der Waals surface area (Å²) >= 11 is 0. The van der Waals surface area contributed by atoms with Crippen molar-refractivity contribution in [2.24, 2.45) is 11.7 Å². The molecule has 0 aromatic heterocycles. The van der Waals surface area contributed by atoms with Gasteiger partial charge in [0.25, 0.3) is 0 Å². The van der Waals surface area contributed by atoms with Gasteiger partial charge in [0.05, 0.1) is 0 Å². The molecular weight excluding hydrogens is 146 g/mol. The zero-order chi connectivity index (χ0) is 9.07. The molecule has 11 heavy (non-hydrogen) atoms. The fourth-order valence-corrected chi connectivity index (χ4v) is 0.804. The highest BCUT2D eigenvalue weighted by Gasteiger charge is 2.29. The van der Waals surface area contributed by atoms with Crippen molar-refractivity contribution in [1.82, 2.24) is 0 Å². The third-order valence-electron chi connectivity index (χ3n) is 1.47. The number of carbonyl (C=O) groups excluding carboxylic acids is 1. The molecule has 0 bridgehead atoms. The molecule has 0 aromatic carbocycles. The Labute approximate surface area is 65.4 Å². The van der Waals surface area contributed by atoms with Gasteiger partial charge in [-0.25, -0.2) is 0 Å². The molecule has 3 N–H and O–H groups in total. The van der Waals surface area contributed by atoms with Crippen molar-refractivity contribution < 1.29 is 14.7 Å². The van der Waals surface area contributed by atoms with Gasteiger partial charge in [0, 0.05) is 5.92 Å². The standard InChI is InChI=1S/C7H13NO3/c1-5(4-9)3-7(2,8)6(10)11/h4-5H,3,8H2,1-2H3,(H,10,11). The van der Waals surface area contributed by atoms with E-state index in [0.29, 0.717) is 6.29 Å². The number of hydrogen-bond acceptors (Lipinski definition) is 3. The SMILES string of the molecule is CC(C=O)CC(C)(N)C(=O)O. The predicted molar refractivity (Wildman–Crippen MR) is 40.1 cm³/mol. The molecule has 0 saturated heterocycles. The smallest absolute Gasteiger partial charge is 0.323 e.